The average Bonchev–Trinajstić information content (AvgIpc) is 3.05. The van der Waals surface area contributed by atoms with E-state index in [2.05, 4.69) is 46.1 Å². The largest absolute Gasteiger partial charge is 0.352 e. The minimum atomic E-state index is 0.0248. The second kappa shape index (κ2) is 9.40. The zero-order valence-corrected chi connectivity index (χ0v) is 17.4. The minimum Gasteiger partial charge on any atom is -0.352 e. The second-order valence-electron chi connectivity index (χ2n) is 7.66. The predicted octanol–water partition coefficient (Wildman–Crippen LogP) is 3.90. The van der Waals surface area contributed by atoms with Gasteiger partial charge in [-0.15, -0.1) is 10.2 Å². The Hall–Kier alpha value is -1.82. The highest BCUT2D eigenvalue weighted by Crippen LogP contribution is 2.22. The summed E-state index contributed by atoms with van der Waals surface area (Å²) in [5.74, 6) is 1.59. The Morgan fingerprint density at radius 1 is 1.22 bits per heavy atom. The van der Waals surface area contributed by atoms with Crippen LogP contribution in [0.2, 0.25) is 0 Å². The van der Waals surface area contributed by atoms with E-state index in [9.17, 15) is 4.79 Å². The Morgan fingerprint density at radius 2 is 2.00 bits per heavy atom. The van der Waals surface area contributed by atoms with E-state index in [1.165, 1.54) is 24.0 Å². The van der Waals surface area contributed by atoms with E-state index >= 15 is 0 Å². The Morgan fingerprint density at radius 3 is 2.74 bits per heavy atom. The molecule has 0 spiro atoms. The van der Waals surface area contributed by atoms with Gasteiger partial charge < -0.3 is 9.88 Å². The monoisotopic (exact) mass is 386 g/mol. The highest BCUT2D eigenvalue weighted by atomic mass is 32.2. The van der Waals surface area contributed by atoms with E-state index in [-0.39, 0.29) is 5.91 Å². The lowest BCUT2D eigenvalue weighted by molar-refractivity contribution is 0.0953. The number of rotatable bonds is 8. The van der Waals surface area contributed by atoms with Crippen molar-refractivity contribution in [1.29, 1.82) is 0 Å². The third kappa shape index (κ3) is 5.12. The van der Waals surface area contributed by atoms with Crippen LogP contribution >= 0.6 is 11.8 Å². The summed E-state index contributed by atoms with van der Waals surface area (Å²) < 4.78 is 2.21. The summed E-state index contributed by atoms with van der Waals surface area (Å²) in [6.07, 6.45) is 8.45. The summed E-state index contributed by atoms with van der Waals surface area (Å²) >= 11 is 1.63. The van der Waals surface area contributed by atoms with Crippen LogP contribution in [0, 0.1) is 5.92 Å². The minimum absolute atomic E-state index is 0.0248. The van der Waals surface area contributed by atoms with Crippen molar-refractivity contribution in [2.75, 3.05) is 12.8 Å². The normalized spacial score (nSPS) is 13.6. The van der Waals surface area contributed by atoms with Crippen LogP contribution in [0.4, 0.5) is 0 Å². The highest BCUT2D eigenvalue weighted by Gasteiger charge is 2.14. The number of fused-ring (bicyclic) bond motifs is 1. The van der Waals surface area contributed by atoms with Gasteiger partial charge in [-0.25, -0.2) is 0 Å². The van der Waals surface area contributed by atoms with E-state index in [1.54, 1.807) is 11.8 Å². The molecule has 0 saturated heterocycles. The fraction of sp³-hybridized carbons (Fsp3) is 0.571. The van der Waals surface area contributed by atoms with E-state index in [1.807, 2.05) is 12.3 Å². The summed E-state index contributed by atoms with van der Waals surface area (Å²) in [6, 6.07) is 6.17. The van der Waals surface area contributed by atoms with E-state index < -0.39 is 0 Å². The summed E-state index contributed by atoms with van der Waals surface area (Å²) in [5.41, 5.74) is 3.54. The quantitative estimate of drug-likeness (QED) is 0.552. The zero-order valence-electron chi connectivity index (χ0n) is 16.6. The molecule has 1 aliphatic carbocycles. The first-order valence-electron chi connectivity index (χ1n) is 9.94. The van der Waals surface area contributed by atoms with Crippen LogP contribution in [0.25, 0.3) is 0 Å². The molecule has 146 valence electrons. The lowest BCUT2D eigenvalue weighted by Gasteiger charge is -2.16. The van der Waals surface area contributed by atoms with Crippen LogP contribution in [0.1, 0.15) is 60.4 Å². The fourth-order valence-corrected chi connectivity index (χ4v) is 4.15. The molecule has 27 heavy (non-hydrogen) atoms. The number of carbonyl (C=O) groups excluding carboxylic acids is 1. The van der Waals surface area contributed by atoms with Crippen LogP contribution in [0.15, 0.2) is 23.4 Å². The lowest BCUT2D eigenvalue weighted by Crippen LogP contribution is -2.25. The molecule has 1 aromatic heterocycles. The Balaban J connectivity index is 1.52. The number of hydrogen-bond donors (Lipinski definition) is 1. The van der Waals surface area contributed by atoms with Gasteiger partial charge in [0.1, 0.15) is 5.82 Å². The number of amides is 1. The standard InChI is InChI=1S/C21H30N4OS/c1-15(2)14-25-19(23-24-21(25)27-3)9-6-12-22-20(26)18-11-10-16-7-4-5-8-17(16)13-18/h10-11,13,15H,4-9,12,14H2,1-3H3,(H,22,26). The first-order chi connectivity index (χ1) is 13.1. The molecule has 5 nitrogen and oxygen atoms in total. The predicted molar refractivity (Wildman–Crippen MR) is 110 cm³/mol. The molecule has 0 aliphatic heterocycles. The number of nitrogens with one attached hydrogen (secondary N) is 1. The maximum Gasteiger partial charge on any atom is 0.251 e. The maximum absolute atomic E-state index is 12.5. The molecule has 1 aliphatic rings. The van der Waals surface area contributed by atoms with Crippen molar-refractivity contribution in [1.82, 2.24) is 20.1 Å². The summed E-state index contributed by atoms with van der Waals surface area (Å²) in [7, 11) is 0. The van der Waals surface area contributed by atoms with Crippen molar-refractivity contribution in [3.05, 3.63) is 40.7 Å². The van der Waals surface area contributed by atoms with Gasteiger partial charge in [-0.3, -0.25) is 4.79 Å². The molecule has 1 aromatic carbocycles. The van der Waals surface area contributed by atoms with E-state index in [4.69, 9.17) is 0 Å². The third-order valence-electron chi connectivity index (χ3n) is 5.00. The van der Waals surface area contributed by atoms with Gasteiger partial charge in [0.15, 0.2) is 5.16 Å². The molecule has 0 saturated carbocycles. The van der Waals surface area contributed by atoms with Gasteiger partial charge in [0.2, 0.25) is 0 Å². The smallest absolute Gasteiger partial charge is 0.251 e. The molecule has 1 heterocycles. The molecule has 0 unspecified atom stereocenters. The number of benzene rings is 1. The van der Waals surface area contributed by atoms with Gasteiger partial charge in [-0.1, -0.05) is 31.7 Å². The number of aromatic nitrogens is 3. The number of carbonyl (C=O) groups is 1. The van der Waals surface area contributed by atoms with Crippen molar-refractivity contribution in [2.24, 2.45) is 5.92 Å². The van der Waals surface area contributed by atoms with Crippen molar-refractivity contribution in [3.8, 4) is 0 Å². The van der Waals surface area contributed by atoms with E-state index in [0.29, 0.717) is 12.5 Å². The van der Waals surface area contributed by atoms with Gasteiger partial charge in [-0.05, 0) is 67.5 Å². The molecule has 3 rings (SSSR count). The number of nitrogens with zero attached hydrogens (tertiary/aromatic N) is 3. The van der Waals surface area contributed by atoms with Crippen LogP contribution in [0.5, 0.6) is 0 Å². The van der Waals surface area contributed by atoms with Crippen molar-refractivity contribution >= 4 is 17.7 Å². The van der Waals surface area contributed by atoms with Crippen LogP contribution in [-0.4, -0.2) is 33.5 Å². The zero-order chi connectivity index (χ0) is 19.2. The molecule has 6 heteroatoms. The Labute approximate surface area is 166 Å². The van der Waals surface area contributed by atoms with Gasteiger partial charge in [-0.2, -0.15) is 0 Å². The molecule has 0 bridgehead atoms. The maximum atomic E-state index is 12.5. The van der Waals surface area contributed by atoms with Crippen LogP contribution < -0.4 is 5.32 Å². The summed E-state index contributed by atoms with van der Waals surface area (Å²) in [6.45, 7) is 5.98. The Bertz CT molecular complexity index is 784. The Kier molecular flexibility index (Phi) is 6.94. The van der Waals surface area contributed by atoms with Crippen LogP contribution in [0.3, 0.4) is 0 Å². The molecule has 0 fully saturated rings. The molecule has 1 N–H and O–H groups in total. The van der Waals surface area contributed by atoms with Gasteiger partial charge >= 0.3 is 0 Å². The highest BCUT2D eigenvalue weighted by molar-refractivity contribution is 7.98. The van der Waals surface area contributed by atoms with Crippen LogP contribution in [-0.2, 0) is 25.8 Å². The number of hydrogen-bond acceptors (Lipinski definition) is 4. The first kappa shape index (κ1) is 19.9. The van der Waals surface area contributed by atoms with Gasteiger partial charge in [0, 0.05) is 25.1 Å². The number of thioether (sulfide) groups is 1. The lowest BCUT2D eigenvalue weighted by atomic mass is 9.90. The molecular formula is C21H30N4OS. The fourth-order valence-electron chi connectivity index (χ4n) is 3.63. The number of aryl methyl sites for hydroxylation is 3. The second-order valence-corrected chi connectivity index (χ2v) is 8.43. The molecule has 2 aromatic rings. The molecular weight excluding hydrogens is 356 g/mol. The van der Waals surface area contributed by atoms with Gasteiger partial charge in [0.25, 0.3) is 5.91 Å². The summed E-state index contributed by atoms with van der Waals surface area (Å²) in [4.78, 5) is 12.5. The topological polar surface area (TPSA) is 59.8 Å². The third-order valence-corrected chi connectivity index (χ3v) is 5.66. The first-order valence-corrected chi connectivity index (χ1v) is 11.2. The van der Waals surface area contributed by atoms with Crippen molar-refractivity contribution in [2.45, 2.75) is 64.1 Å². The SMILES string of the molecule is CSc1nnc(CCCNC(=O)c2ccc3c(c2)CCCC3)n1CC(C)C. The molecule has 0 atom stereocenters. The van der Waals surface area contributed by atoms with E-state index in [0.717, 1.165) is 48.8 Å². The summed E-state index contributed by atoms with van der Waals surface area (Å²) in [5, 5.41) is 12.6. The van der Waals surface area contributed by atoms with Crippen molar-refractivity contribution < 1.29 is 4.79 Å². The van der Waals surface area contributed by atoms with Gasteiger partial charge in [0.05, 0.1) is 0 Å². The molecule has 1 amide bonds. The van der Waals surface area contributed by atoms with Crippen molar-refractivity contribution in [3.63, 3.8) is 0 Å². The molecule has 0 radical (unpaired) electrons. The average molecular weight is 387 g/mol.